The van der Waals surface area contributed by atoms with Crippen LogP contribution in [0.15, 0.2) is 4.52 Å². The van der Waals surface area contributed by atoms with Crippen molar-refractivity contribution in [1.29, 1.82) is 0 Å². The van der Waals surface area contributed by atoms with Crippen LogP contribution in [0, 0.1) is 11.8 Å². The van der Waals surface area contributed by atoms with Crippen LogP contribution in [-0.2, 0) is 11.2 Å². The fourth-order valence-electron chi connectivity index (χ4n) is 2.41. The molecule has 0 saturated heterocycles. The molecule has 0 aliphatic carbocycles. The van der Waals surface area contributed by atoms with Crippen LogP contribution in [0.5, 0.6) is 0 Å². The van der Waals surface area contributed by atoms with E-state index in [1.54, 1.807) is 0 Å². The van der Waals surface area contributed by atoms with E-state index >= 15 is 0 Å². The summed E-state index contributed by atoms with van der Waals surface area (Å²) >= 11 is 0. The quantitative estimate of drug-likeness (QED) is 0.714. The minimum atomic E-state index is -0.0519. The van der Waals surface area contributed by atoms with Crippen LogP contribution in [0.3, 0.4) is 0 Å². The first-order valence-corrected chi connectivity index (χ1v) is 7.74. The van der Waals surface area contributed by atoms with Crippen LogP contribution in [-0.4, -0.2) is 23.3 Å². The van der Waals surface area contributed by atoms with E-state index in [0.29, 0.717) is 36.7 Å². The fraction of sp³-hybridized carbons (Fsp3) is 0.867. The Bertz CT molecular complexity index is 360. The van der Waals surface area contributed by atoms with Crippen molar-refractivity contribution in [3.05, 3.63) is 11.7 Å². The van der Waals surface area contributed by atoms with Gasteiger partial charge in [0.15, 0.2) is 0 Å². The fourth-order valence-corrected chi connectivity index (χ4v) is 2.41. The Morgan fingerprint density at radius 1 is 1.30 bits per heavy atom. The Kier molecular flexibility index (Phi) is 7.77. The average molecular weight is 283 g/mol. The number of nitrogens with zero attached hydrogens (tertiary/aromatic N) is 2. The van der Waals surface area contributed by atoms with E-state index in [2.05, 4.69) is 30.9 Å². The van der Waals surface area contributed by atoms with Gasteiger partial charge in [0.05, 0.1) is 0 Å². The van der Waals surface area contributed by atoms with Crippen LogP contribution in [0.25, 0.3) is 0 Å². The summed E-state index contributed by atoms with van der Waals surface area (Å²) in [6.07, 6.45) is 3.74. The topological polar surface area (TPSA) is 74.2 Å². The van der Waals surface area contributed by atoms with Gasteiger partial charge in [0.25, 0.3) is 0 Å². The van der Waals surface area contributed by atoms with E-state index in [4.69, 9.17) is 15.0 Å². The van der Waals surface area contributed by atoms with Crippen LogP contribution in [0.4, 0.5) is 0 Å². The molecule has 1 aromatic heterocycles. The zero-order valence-electron chi connectivity index (χ0n) is 13.3. The predicted molar refractivity (Wildman–Crippen MR) is 79.3 cm³/mol. The molecule has 0 spiro atoms. The second-order valence-electron chi connectivity index (χ2n) is 5.71. The zero-order chi connectivity index (χ0) is 15.0. The molecule has 1 unspecified atom stereocenters. The number of rotatable bonds is 10. The van der Waals surface area contributed by atoms with E-state index in [1.165, 1.54) is 0 Å². The van der Waals surface area contributed by atoms with Gasteiger partial charge in [-0.3, -0.25) is 0 Å². The Morgan fingerprint density at radius 3 is 2.60 bits per heavy atom. The van der Waals surface area contributed by atoms with E-state index in [1.807, 2.05) is 6.92 Å². The maximum atomic E-state index is 5.82. The minimum absolute atomic E-state index is 0.0519. The number of aromatic nitrogens is 2. The molecule has 0 aliphatic heterocycles. The highest BCUT2D eigenvalue weighted by Gasteiger charge is 2.20. The van der Waals surface area contributed by atoms with Crippen molar-refractivity contribution >= 4 is 0 Å². The number of hydrogen-bond donors (Lipinski definition) is 1. The maximum absolute atomic E-state index is 5.82. The molecule has 0 fully saturated rings. The molecule has 20 heavy (non-hydrogen) atoms. The smallest absolute Gasteiger partial charge is 0.227 e. The Balaban J connectivity index is 2.64. The Hall–Kier alpha value is -0.940. The predicted octanol–water partition coefficient (Wildman–Crippen LogP) is 3.11. The van der Waals surface area contributed by atoms with E-state index < -0.39 is 0 Å². The lowest BCUT2D eigenvalue weighted by Crippen LogP contribution is -2.19. The summed E-state index contributed by atoms with van der Waals surface area (Å²) in [5.74, 6) is 2.38. The Labute approximate surface area is 122 Å². The Morgan fingerprint density at radius 2 is 2.05 bits per heavy atom. The third-order valence-corrected chi connectivity index (χ3v) is 3.29. The van der Waals surface area contributed by atoms with Gasteiger partial charge >= 0.3 is 0 Å². The molecule has 0 aliphatic rings. The molecule has 2 atom stereocenters. The lowest BCUT2D eigenvalue weighted by Gasteiger charge is -2.14. The molecule has 1 aromatic rings. The summed E-state index contributed by atoms with van der Waals surface area (Å²) < 4.78 is 11.0. The molecule has 5 heteroatoms. The van der Waals surface area contributed by atoms with Crippen molar-refractivity contribution in [2.24, 2.45) is 17.6 Å². The molecular weight excluding hydrogens is 254 g/mol. The van der Waals surface area contributed by atoms with Gasteiger partial charge < -0.3 is 15.0 Å². The summed E-state index contributed by atoms with van der Waals surface area (Å²) in [7, 11) is 0. The molecule has 0 radical (unpaired) electrons. The first-order chi connectivity index (χ1) is 9.60. The summed E-state index contributed by atoms with van der Waals surface area (Å²) in [6.45, 7) is 9.83. The van der Waals surface area contributed by atoms with E-state index in [9.17, 15) is 0 Å². The zero-order valence-corrected chi connectivity index (χ0v) is 13.3. The molecular formula is C15H29N3O2. The molecule has 116 valence electrons. The number of nitrogens with two attached hydrogens (primary N) is 1. The van der Waals surface area contributed by atoms with Crippen LogP contribution in [0.1, 0.15) is 64.8 Å². The van der Waals surface area contributed by atoms with Crippen molar-refractivity contribution < 1.29 is 9.26 Å². The molecule has 5 nitrogen and oxygen atoms in total. The highest BCUT2D eigenvalue weighted by molar-refractivity contribution is 4.92. The normalized spacial score (nSPS) is 14.7. The van der Waals surface area contributed by atoms with Crippen molar-refractivity contribution in [2.45, 2.75) is 59.5 Å². The molecule has 2 N–H and O–H groups in total. The van der Waals surface area contributed by atoms with Crippen molar-refractivity contribution in [1.82, 2.24) is 10.1 Å². The van der Waals surface area contributed by atoms with Gasteiger partial charge in [0, 0.05) is 13.0 Å². The highest BCUT2D eigenvalue weighted by atomic mass is 16.5. The van der Waals surface area contributed by atoms with Crippen LogP contribution >= 0.6 is 0 Å². The second kappa shape index (κ2) is 9.08. The summed E-state index contributed by atoms with van der Waals surface area (Å²) in [6, 6.07) is 0. The average Bonchev–Trinajstić information content (AvgIpc) is 2.85. The highest BCUT2D eigenvalue weighted by Crippen LogP contribution is 2.21. The largest absolute Gasteiger partial charge is 0.370 e. The van der Waals surface area contributed by atoms with Gasteiger partial charge in [-0.15, -0.1) is 0 Å². The van der Waals surface area contributed by atoms with Gasteiger partial charge in [0.1, 0.15) is 6.10 Å². The van der Waals surface area contributed by atoms with Crippen molar-refractivity contribution in [2.75, 3.05) is 13.2 Å². The lowest BCUT2D eigenvalue weighted by molar-refractivity contribution is 0.0477. The molecule has 0 aromatic carbocycles. The van der Waals surface area contributed by atoms with Crippen molar-refractivity contribution in [3.8, 4) is 0 Å². The van der Waals surface area contributed by atoms with Crippen molar-refractivity contribution in [3.63, 3.8) is 0 Å². The third kappa shape index (κ3) is 5.59. The van der Waals surface area contributed by atoms with E-state index in [0.717, 1.165) is 25.7 Å². The van der Waals surface area contributed by atoms with Crippen LogP contribution < -0.4 is 5.73 Å². The minimum Gasteiger partial charge on any atom is -0.370 e. The van der Waals surface area contributed by atoms with Gasteiger partial charge in [-0.05, 0) is 38.1 Å². The van der Waals surface area contributed by atoms with E-state index in [-0.39, 0.29) is 6.10 Å². The first-order valence-electron chi connectivity index (χ1n) is 7.74. The standard InChI is InChI=1S/C15H29N3O2/c1-5-7-13(19-6-2)15-17-14(20-18-15)9-12(10-16)8-11(3)4/h11-13H,5-10,16H2,1-4H3/t12-,13?/m0/s1. The summed E-state index contributed by atoms with van der Waals surface area (Å²) in [5, 5.41) is 4.07. The molecule has 0 saturated carbocycles. The van der Waals surface area contributed by atoms with Crippen LogP contribution in [0.2, 0.25) is 0 Å². The summed E-state index contributed by atoms with van der Waals surface area (Å²) in [4.78, 5) is 4.48. The molecule has 0 amide bonds. The SMILES string of the molecule is CCCC(OCC)c1noc(C[C@@H](CN)CC(C)C)n1. The van der Waals surface area contributed by atoms with Gasteiger partial charge in [-0.1, -0.05) is 32.3 Å². The van der Waals surface area contributed by atoms with Gasteiger partial charge in [0.2, 0.25) is 11.7 Å². The number of hydrogen-bond acceptors (Lipinski definition) is 5. The molecule has 1 rings (SSSR count). The van der Waals surface area contributed by atoms with Gasteiger partial charge in [-0.25, -0.2) is 0 Å². The second-order valence-corrected chi connectivity index (χ2v) is 5.71. The number of ether oxygens (including phenoxy) is 1. The summed E-state index contributed by atoms with van der Waals surface area (Å²) in [5.41, 5.74) is 5.82. The third-order valence-electron chi connectivity index (χ3n) is 3.29. The molecule has 0 bridgehead atoms. The lowest BCUT2D eigenvalue weighted by atomic mass is 9.94. The maximum Gasteiger partial charge on any atom is 0.227 e. The monoisotopic (exact) mass is 283 g/mol. The molecule has 1 heterocycles. The van der Waals surface area contributed by atoms with Gasteiger partial charge in [-0.2, -0.15) is 4.98 Å². The first kappa shape index (κ1) is 17.1.